The molecule has 1 aromatic heterocycles. The zero-order valence-electron chi connectivity index (χ0n) is 13.0. The molecule has 0 saturated carbocycles. The van der Waals surface area contributed by atoms with Gasteiger partial charge in [-0.15, -0.1) is 0 Å². The van der Waals surface area contributed by atoms with Gasteiger partial charge in [0.25, 0.3) is 0 Å². The third-order valence-corrected chi connectivity index (χ3v) is 4.03. The number of fused-ring (bicyclic) bond motifs is 1. The van der Waals surface area contributed by atoms with Crippen molar-refractivity contribution in [1.82, 2.24) is 4.98 Å². The van der Waals surface area contributed by atoms with Gasteiger partial charge in [0, 0.05) is 33.7 Å². The number of benzene rings is 3. The van der Waals surface area contributed by atoms with Gasteiger partial charge in [0.1, 0.15) is 0 Å². The van der Waals surface area contributed by atoms with E-state index in [9.17, 15) is 0 Å². The Bertz CT molecular complexity index is 884. The quantitative estimate of drug-likeness (QED) is 0.495. The summed E-state index contributed by atoms with van der Waals surface area (Å²) < 4.78 is 0. The first-order valence-electron chi connectivity index (χ1n) is 7.81. The normalized spacial score (nSPS) is 10.8. The number of H-pyrrole nitrogens is 1. The van der Waals surface area contributed by atoms with E-state index >= 15 is 0 Å². The van der Waals surface area contributed by atoms with Crippen LogP contribution in [0.3, 0.4) is 0 Å². The molecule has 4 aromatic rings. The molecule has 0 spiro atoms. The molecule has 3 aromatic carbocycles. The molecule has 0 radical (unpaired) electrons. The van der Waals surface area contributed by atoms with Gasteiger partial charge in [-0.3, -0.25) is 0 Å². The number of nitrogens with one attached hydrogen (secondary N) is 1. The van der Waals surface area contributed by atoms with Crippen LogP contribution >= 0.6 is 0 Å². The number of nitrogens with zero attached hydrogens (tertiary/aromatic N) is 1. The van der Waals surface area contributed by atoms with E-state index in [0.717, 1.165) is 17.1 Å². The number of hydrogen-bond acceptors (Lipinski definition) is 1. The minimum absolute atomic E-state index is 1.16. The second kappa shape index (κ2) is 5.65. The number of aryl methyl sites for hydroxylation is 1. The molecule has 0 saturated heterocycles. The SMILES string of the molecule is Cc1cc2cc(N(c3ccccc3)c3ccccc3)ccc2[nH]1. The largest absolute Gasteiger partial charge is 0.359 e. The van der Waals surface area contributed by atoms with Crippen molar-refractivity contribution < 1.29 is 0 Å². The average molecular weight is 298 g/mol. The summed E-state index contributed by atoms with van der Waals surface area (Å²) in [6, 6.07) is 29.7. The summed E-state index contributed by atoms with van der Waals surface area (Å²) in [6.45, 7) is 2.09. The molecule has 1 heterocycles. The van der Waals surface area contributed by atoms with Crippen molar-refractivity contribution in [2.45, 2.75) is 6.92 Å². The van der Waals surface area contributed by atoms with Crippen LogP contribution in [0.5, 0.6) is 0 Å². The first kappa shape index (κ1) is 13.6. The Labute approximate surface area is 136 Å². The minimum atomic E-state index is 1.16. The minimum Gasteiger partial charge on any atom is -0.359 e. The van der Waals surface area contributed by atoms with E-state index in [1.807, 2.05) is 12.1 Å². The lowest BCUT2D eigenvalue weighted by molar-refractivity contribution is 1.28. The molecule has 0 aliphatic heterocycles. The lowest BCUT2D eigenvalue weighted by atomic mass is 10.1. The fourth-order valence-electron chi connectivity index (χ4n) is 3.01. The molecule has 0 unspecified atom stereocenters. The molecule has 0 bridgehead atoms. The second-order valence-electron chi connectivity index (χ2n) is 5.73. The highest BCUT2D eigenvalue weighted by Crippen LogP contribution is 2.35. The Morgan fingerprint density at radius 1 is 0.652 bits per heavy atom. The van der Waals surface area contributed by atoms with E-state index in [4.69, 9.17) is 0 Å². The van der Waals surface area contributed by atoms with Gasteiger partial charge in [0.05, 0.1) is 0 Å². The van der Waals surface area contributed by atoms with E-state index in [0.29, 0.717) is 0 Å². The smallest absolute Gasteiger partial charge is 0.0469 e. The van der Waals surface area contributed by atoms with Gasteiger partial charge in [-0.05, 0) is 55.5 Å². The molecule has 0 atom stereocenters. The maximum Gasteiger partial charge on any atom is 0.0469 e. The Hall–Kier alpha value is -3.00. The maximum absolute atomic E-state index is 3.39. The topological polar surface area (TPSA) is 19.0 Å². The van der Waals surface area contributed by atoms with Crippen molar-refractivity contribution in [3.8, 4) is 0 Å². The van der Waals surface area contributed by atoms with Crippen LogP contribution < -0.4 is 4.90 Å². The standard InChI is InChI=1S/C21H18N2/c1-16-14-17-15-20(12-13-21(17)22-16)23(18-8-4-2-5-9-18)19-10-6-3-7-11-19/h2-15,22H,1H3. The molecular formula is C21H18N2. The van der Waals surface area contributed by atoms with Crippen molar-refractivity contribution in [1.29, 1.82) is 0 Å². The first-order chi connectivity index (χ1) is 11.3. The lowest BCUT2D eigenvalue weighted by Gasteiger charge is -2.25. The Balaban J connectivity index is 1.89. The van der Waals surface area contributed by atoms with Crippen molar-refractivity contribution >= 4 is 28.0 Å². The third-order valence-electron chi connectivity index (χ3n) is 4.03. The van der Waals surface area contributed by atoms with Gasteiger partial charge in [-0.2, -0.15) is 0 Å². The lowest BCUT2D eigenvalue weighted by Crippen LogP contribution is -2.09. The molecular weight excluding hydrogens is 280 g/mol. The molecule has 0 fully saturated rings. The van der Waals surface area contributed by atoms with Crippen LogP contribution in [0.15, 0.2) is 84.9 Å². The first-order valence-corrected chi connectivity index (χ1v) is 7.81. The number of rotatable bonds is 3. The highest BCUT2D eigenvalue weighted by Gasteiger charge is 2.12. The van der Waals surface area contributed by atoms with Gasteiger partial charge in [-0.1, -0.05) is 36.4 Å². The van der Waals surface area contributed by atoms with Crippen LogP contribution in [0, 0.1) is 6.92 Å². The highest BCUT2D eigenvalue weighted by atomic mass is 15.1. The van der Waals surface area contributed by atoms with Crippen LogP contribution in [0.2, 0.25) is 0 Å². The van der Waals surface area contributed by atoms with Crippen LogP contribution in [0.25, 0.3) is 10.9 Å². The summed E-state index contributed by atoms with van der Waals surface area (Å²) in [5, 5.41) is 1.23. The molecule has 0 amide bonds. The summed E-state index contributed by atoms with van der Waals surface area (Å²) in [6.07, 6.45) is 0. The van der Waals surface area contributed by atoms with Crippen LogP contribution in [0.1, 0.15) is 5.69 Å². The Morgan fingerprint density at radius 2 is 1.26 bits per heavy atom. The van der Waals surface area contributed by atoms with Gasteiger partial charge in [-0.25, -0.2) is 0 Å². The zero-order chi connectivity index (χ0) is 15.6. The summed E-state index contributed by atoms with van der Waals surface area (Å²) >= 11 is 0. The number of aromatic amines is 1. The van der Waals surface area contributed by atoms with Crippen LogP contribution in [-0.4, -0.2) is 4.98 Å². The van der Waals surface area contributed by atoms with E-state index in [2.05, 4.69) is 89.6 Å². The van der Waals surface area contributed by atoms with E-state index < -0.39 is 0 Å². The molecule has 1 N–H and O–H groups in total. The molecule has 2 nitrogen and oxygen atoms in total. The fraction of sp³-hybridized carbons (Fsp3) is 0.0476. The number of para-hydroxylation sites is 2. The van der Waals surface area contributed by atoms with E-state index in [-0.39, 0.29) is 0 Å². The maximum atomic E-state index is 3.39. The van der Waals surface area contributed by atoms with Gasteiger partial charge < -0.3 is 9.88 Å². The number of anilines is 3. The predicted octanol–water partition coefficient (Wildman–Crippen LogP) is 5.95. The van der Waals surface area contributed by atoms with Crippen molar-refractivity contribution in [2.24, 2.45) is 0 Å². The predicted molar refractivity (Wildman–Crippen MR) is 97.7 cm³/mol. The third kappa shape index (κ3) is 2.59. The zero-order valence-corrected chi connectivity index (χ0v) is 13.0. The number of aromatic nitrogens is 1. The van der Waals surface area contributed by atoms with Gasteiger partial charge >= 0.3 is 0 Å². The van der Waals surface area contributed by atoms with Gasteiger partial charge in [0.2, 0.25) is 0 Å². The Morgan fingerprint density at radius 3 is 1.87 bits per heavy atom. The number of hydrogen-bond donors (Lipinski definition) is 1. The Kier molecular flexibility index (Phi) is 3.35. The van der Waals surface area contributed by atoms with Crippen molar-refractivity contribution in [3.63, 3.8) is 0 Å². The monoisotopic (exact) mass is 298 g/mol. The second-order valence-corrected chi connectivity index (χ2v) is 5.73. The fourth-order valence-corrected chi connectivity index (χ4v) is 3.01. The molecule has 23 heavy (non-hydrogen) atoms. The van der Waals surface area contributed by atoms with Crippen molar-refractivity contribution in [2.75, 3.05) is 4.90 Å². The van der Waals surface area contributed by atoms with E-state index in [1.165, 1.54) is 16.6 Å². The molecule has 2 heteroatoms. The molecule has 4 rings (SSSR count). The summed E-state index contributed by atoms with van der Waals surface area (Å²) in [7, 11) is 0. The summed E-state index contributed by atoms with van der Waals surface area (Å²) in [4.78, 5) is 5.67. The highest BCUT2D eigenvalue weighted by molar-refractivity contribution is 5.87. The molecule has 112 valence electrons. The van der Waals surface area contributed by atoms with E-state index in [1.54, 1.807) is 0 Å². The van der Waals surface area contributed by atoms with Crippen LogP contribution in [0.4, 0.5) is 17.1 Å². The summed E-state index contributed by atoms with van der Waals surface area (Å²) in [5.74, 6) is 0. The average Bonchev–Trinajstić information content (AvgIpc) is 2.96. The molecule has 0 aliphatic rings. The van der Waals surface area contributed by atoms with Crippen molar-refractivity contribution in [3.05, 3.63) is 90.6 Å². The molecule has 0 aliphatic carbocycles. The van der Waals surface area contributed by atoms with Gasteiger partial charge in [0.15, 0.2) is 0 Å². The van der Waals surface area contributed by atoms with Crippen LogP contribution in [-0.2, 0) is 0 Å². The summed E-state index contributed by atoms with van der Waals surface area (Å²) in [5.41, 5.74) is 5.83.